The van der Waals surface area contributed by atoms with Crippen LogP contribution in [0.3, 0.4) is 0 Å². The molecular weight excluding hydrogens is 1280 g/mol. The smallest absolute Gasteiger partial charge is 0.0622 e. The fourth-order valence-electron chi connectivity index (χ4n) is 5.81. The van der Waals surface area contributed by atoms with E-state index in [4.69, 9.17) is 0 Å². The van der Waals surface area contributed by atoms with Gasteiger partial charge in [0.15, 0.2) is 0 Å². The van der Waals surface area contributed by atoms with Crippen molar-refractivity contribution in [2.45, 2.75) is 39.5 Å². The molecule has 0 N–H and O–H groups in total. The topological polar surface area (TPSA) is 0 Å². The number of rotatable bonds is 10. The maximum atomic E-state index is 4.61. The van der Waals surface area contributed by atoms with Gasteiger partial charge in [-0.3, -0.25) is 0 Å². The fraction of sp³-hybridized carbons (Fsp3) is 0.164. The van der Waals surface area contributed by atoms with E-state index in [9.17, 15) is 0 Å². The largest absolute Gasteiger partial charge is 2.00 e. The van der Waals surface area contributed by atoms with Crippen molar-refractivity contribution in [2.75, 3.05) is 26.7 Å². The van der Waals surface area contributed by atoms with Crippen molar-refractivity contribution in [1.29, 1.82) is 0 Å². The minimum Gasteiger partial charge on any atom is -0.0622 e. The van der Waals surface area contributed by atoms with Crippen LogP contribution in [-0.2, 0) is 39.8 Å². The molecule has 0 radical (unpaired) electrons. The molecule has 0 heterocycles. The van der Waals surface area contributed by atoms with Gasteiger partial charge in [0.05, 0.1) is 0 Å². The molecule has 0 aliphatic rings. The van der Waals surface area contributed by atoms with Gasteiger partial charge in [0.2, 0.25) is 0 Å². The summed E-state index contributed by atoms with van der Waals surface area (Å²) in [4.78, 5) is 0. The van der Waals surface area contributed by atoms with E-state index < -0.39 is 15.8 Å². The third kappa shape index (κ3) is 26.9. The molecule has 0 nitrogen and oxygen atoms in total. The van der Waals surface area contributed by atoms with E-state index in [1.54, 1.807) is 18.8 Å². The summed E-state index contributed by atoms with van der Waals surface area (Å²) in [5.74, 6) is 0. The van der Waals surface area contributed by atoms with Crippen LogP contribution in [0.1, 0.15) is 39.5 Å². The Labute approximate surface area is 449 Å². The predicted octanol–water partition coefficient (Wildman–Crippen LogP) is 15.4. The van der Waals surface area contributed by atoms with Crippen LogP contribution >= 0.6 is 41.1 Å². The maximum Gasteiger partial charge on any atom is 2.00 e. The Hall–Kier alpha value is -2.85. The van der Waals surface area contributed by atoms with Gasteiger partial charge in [-0.1, -0.05) is 285 Å². The van der Waals surface area contributed by atoms with Gasteiger partial charge >= 0.3 is 49.3 Å². The molecule has 0 amide bonds. The molecule has 0 fully saturated rings. The first-order valence-corrected chi connectivity index (χ1v) is 32.4. The van der Waals surface area contributed by atoms with Crippen molar-refractivity contribution in [3.05, 3.63) is 264 Å². The van der Waals surface area contributed by atoms with Crippen LogP contribution in [0.5, 0.6) is 0 Å². The summed E-state index contributed by atoms with van der Waals surface area (Å²) in [5.41, 5.74) is 0. The molecule has 0 spiro atoms. The summed E-state index contributed by atoms with van der Waals surface area (Å²) in [6.45, 7) is 20.5. The van der Waals surface area contributed by atoms with Crippen molar-refractivity contribution < 1.29 is 39.8 Å². The molecule has 7 heteroatoms. The molecule has 0 aromatic heterocycles. The second-order valence-corrected chi connectivity index (χ2v) is 23.9. The SMILES string of the molecule is CP(C)c1ccccc1.CP(C)c1ccccc1.[CH2-]CCC.[CH2-]CCC.[CH3-].[Cl][Pt+].[Pt+2].c1ccc(P(c2ccccc2)c2ccccc2)cc1.c1ccc(P(c2ccccc2)c2ccccc2)cc1. The number of hydrogen-bond acceptors (Lipinski definition) is 0. The van der Waals surface area contributed by atoms with Gasteiger partial charge < -0.3 is 21.3 Å². The average molecular weight is 1360 g/mol. The molecule has 68 heavy (non-hydrogen) atoms. The average Bonchev–Trinajstić information content (AvgIpc) is 3.40. The van der Waals surface area contributed by atoms with Crippen molar-refractivity contribution >= 4 is 83.5 Å². The quantitative estimate of drug-likeness (QED) is 0.0946. The Bertz CT molecular complexity index is 1900. The van der Waals surface area contributed by atoms with Crippen LogP contribution in [0.15, 0.2) is 243 Å². The first-order valence-electron chi connectivity index (χ1n) is 22.4. The Balaban J connectivity index is 0.000000852. The summed E-state index contributed by atoms with van der Waals surface area (Å²) < 4.78 is 0. The summed E-state index contributed by atoms with van der Waals surface area (Å²) >= 11 is 1.61. The molecule has 364 valence electrons. The summed E-state index contributed by atoms with van der Waals surface area (Å²) in [6.07, 6.45) is 4.56. The Morgan fingerprint density at radius 3 is 0.515 bits per heavy atom. The number of halogens is 1. The standard InChI is InChI=1S/2C18H15P.2C8H11P.2C4H9.CH3.ClH.2Pt/c2*1-4-10-16(11-5-1)19(17-12-6-2-7-13-17)18-14-8-3-9-15-18;2*1-9(2)8-6-4-3-5-7-8;2*1-3-4-2;;;;/h2*1-15H;2*3-7H,1-2H3;2*1,3-4H2,2H3;1H3;1H;;/q;;;;3*-1;;2*+2/p-1. The number of unbranched alkanes of at least 4 members (excludes halogenated alkanes) is 2. The summed E-state index contributed by atoms with van der Waals surface area (Å²) in [6, 6.07) is 85.9. The molecular formula is C61H73ClP4Pt2. The van der Waals surface area contributed by atoms with E-state index in [1.165, 1.54) is 55.3 Å². The van der Waals surface area contributed by atoms with Crippen molar-refractivity contribution in [3.63, 3.8) is 0 Å². The van der Waals surface area contributed by atoms with Gasteiger partial charge in [-0.15, -0.1) is 0 Å². The molecule has 0 saturated carbocycles. The molecule has 0 atom stereocenters. The van der Waals surface area contributed by atoms with E-state index in [-0.39, 0.29) is 44.3 Å². The normalized spacial score (nSPS) is 9.57. The zero-order valence-corrected chi connectivity index (χ0v) is 50.0. The van der Waals surface area contributed by atoms with Crippen LogP contribution < -0.4 is 42.4 Å². The van der Waals surface area contributed by atoms with E-state index in [2.05, 4.69) is 306 Å². The Morgan fingerprint density at radius 2 is 0.426 bits per heavy atom. The van der Waals surface area contributed by atoms with Crippen LogP contribution in [0.25, 0.3) is 0 Å². The third-order valence-electron chi connectivity index (χ3n) is 9.34. The molecule has 0 saturated heterocycles. The second kappa shape index (κ2) is 43.0. The van der Waals surface area contributed by atoms with Crippen molar-refractivity contribution in [2.24, 2.45) is 0 Å². The van der Waals surface area contributed by atoms with Crippen LogP contribution in [0, 0.1) is 21.3 Å². The molecule has 8 rings (SSSR count). The summed E-state index contributed by atoms with van der Waals surface area (Å²) in [7, 11) is 3.93. The van der Waals surface area contributed by atoms with Crippen molar-refractivity contribution in [3.8, 4) is 0 Å². The zero-order valence-electron chi connectivity index (χ0n) is 41.1. The maximum absolute atomic E-state index is 4.61. The van der Waals surface area contributed by atoms with E-state index >= 15 is 0 Å². The molecule has 0 bridgehead atoms. The van der Waals surface area contributed by atoms with E-state index in [0.29, 0.717) is 0 Å². The minimum atomic E-state index is -0.446. The first-order chi connectivity index (χ1) is 32.3. The molecule has 0 unspecified atom stereocenters. The predicted molar refractivity (Wildman–Crippen MR) is 313 cm³/mol. The van der Waals surface area contributed by atoms with Crippen LogP contribution in [-0.4, -0.2) is 26.7 Å². The summed E-state index contributed by atoms with van der Waals surface area (Å²) in [5, 5.41) is 11.3. The molecule has 8 aromatic rings. The first kappa shape index (κ1) is 65.1. The van der Waals surface area contributed by atoms with E-state index in [1.807, 2.05) is 0 Å². The van der Waals surface area contributed by atoms with Gasteiger partial charge in [-0.25, -0.2) is 0 Å². The van der Waals surface area contributed by atoms with Gasteiger partial charge in [0.1, 0.15) is 0 Å². The van der Waals surface area contributed by atoms with Crippen LogP contribution in [0.4, 0.5) is 0 Å². The molecule has 0 aliphatic carbocycles. The minimum absolute atomic E-state index is 0. The Kier molecular flexibility index (Phi) is 41.2. The molecule has 8 aromatic carbocycles. The van der Waals surface area contributed by atoms with Gasteiger partial charge in [-0.2, -0.15) is 12.8 Å². The Morgan fingerprint density at radius 1 is 0.309 bits per heavy atom. The van der Waals surface area contributed by atoms with Gasteiger partial charge in [0, 0.05) is 0 Å². The molecule has 0 aliphatic heterocycles. The van der Waals surface area contributed by atoms with Gasteiger partial charge in [-0.05, 0) is 84.9 Å². The third-order valence-corrected chi connectivity index (χ3v) is 16.9. The second-order valence-electron chi connectivity index (χ2n) is 14.9. The zero-order chi connectivity index (χ0) is 48.0. The fourth-order valence-corrected chi connectivity index (χ4v) is 12.0. The van der Waals surface area contributed by atoms with Gasteiger partial charge in [0.25, 0.3) is 0 Å². The monoisotopic (exact) mass is 1350 g/mol. The van der Waals surface area contributed by atoms with Crippen LogP contribution in [0.2, 0.25) is 0 Å². The number of hydrogen-bond donors (Lipinski definition) is 0. The number of benzene rings is 8. The van der Waals surface area contributed by atoms with Crippen molar-refractivity contribution in [1.82, 2.24) is 0 Å². The van der Waals surface area contributed by atoms with E-state index in [0.717, 1.165) is 12.8 Å².